The first kappa shape index (κ1) is 11.9. The number of rotatable bonds is 3. The first-order valence-corrected chi connectivity index (χ1v) is 5.78. The van der Waals surface area contributed by atoms with Crippen molar-refractivity contribution in [1.29, 1.82) is 0 Å². The van der Waals surface area contributed by atoms with Crippen LogP contribution in [0.2, 0.25) is 0 Å². The van der Waals surface area contributed by atoms with Crippen molar-refractivity contribution in [2.45, 2.75) is 39.5 Å². The van der Waals surface area contributed by atoms with Gasteiger partial charge in [-0.2, -0.15) is 0 Å². The van der Waals surface area contributed by atoms with Gasteiger partial charge in [-0.25, -0.2) is 4.79 Å². The maximum Gasteiger partial charge on any atom is 0.333 e. The number of aromatic nitrogens is 2. The zero-order chi connectivity index (χ0) is 12.6. The van der Waals surface area contributed by atoms with E-state index >= 15 is 0 Å². The highest BCUT2D eigenvalue weighted by molar-refractivity contribution is 5.27. The van der Waals surface area contributed by atoms with E-state index in [1.54, 1.807) is 6.92 Å². The lowest BCUT2D eigenvalue weighted by Crippen LogP contribution is -2.40. The molecule has 94 valence electrons. The highest BCUT2D eigenvalue weighted by Crippen LogP contribution is 2.22. The van der Waals surface area contributed by atoms with Crippen LogP contribution < -0.4 is 16.0 Å². The maximum atomic E-state index is 12.0. The molecule has 0 bridgehead atoms. The molecule has 0 radical (unpaired) electrons. The van der Waals surface area contributed by atoms with Crippen LogP contribution in [0.5, 0.6) is 5.88 Å². The highest BCUT2D eigenvalue weighted by Gasteiger charge is 2.28. The van der Waals surface area contributed by atoms with Gasteiger partial charge in [-0.3, -0.25) is 13.9 Å². The van der Waals surface area contributed by atoms with Gasteiger partial charge in [-0.05, 0) is 13.3 Å². The number of aliphatic hydroxyl groups is 1. The van der Waals surface area contributed by atoms with Gasteiger partial charge < -0.3 is 9.84 Å². The average Bonchev–Trinajstić information content (AvgIpc) is 2.74. The number of fused-ring (bicyclic) bond motifs is 1. The van der Waals surface area contributed by atoms with E-state index in [9.17, 15) is 9.59 Å². The molecular weight excluding hydrogens is 224 g/mol. The second kappa shape index (κ2) is 4.37. The Kier molecular flexibility index (Phi) is 3.06. The van der Waals surface area contributed by atoms with E-state index in [4.69, 9.17) is 9.84 Å². The van der Waals surface area contributed by atoms with Crippen LogP contribution >= 0.6 is 0 Å². The molecule has 0 amide bonds. The van der Waals surface area contributed by atoms with Crippen molar-refractivity contribution < 1.29 is 9.84 Å². The van der Waals surface area contributed by atoms with E-state index in [1.807, 2.05) is 6.92 Å². The third kappa shape index (κ3) is 1.68. The SMILES string of the molecule is CCc1c2n(c(=O)n(CC)c1=O)CC(CO)O2. The van der Waals surface area contributed by atoms with E-state index in [0.29, 0.717) is 31.0 Å². The van der Waals surface area contributed by atoms with Crippen LogP contribution in [0.1, 0.15) is 19.4 Å². The smallest absolute Gasteiger partial charge is 0.333 e. The van der Waals surface area contributed by atoms with Crippen LogP contribution in [0.3, 0.4) is 0 Å². The number of ether oxygens (including phenoxy) is 1. The fourth-order valence-electron chi connectivity index (χ4n) is 2.11. The molecule has 1 aliphatic heterocycles. The predicted molar refractivity (Wildman–Crippen MR) is 61.5 cm³/mol. The summed E-state index contributed by atoms with van der Waals surface area (Å²) in [4.78, 5) is 24.0. The second-order valence-electron chi connectivity index (χ2n) is 4.00. The Morgan fingerprint density at radius 2 is 2.12 bits per heavy atom. The van der Waals surface area contributed by atoms with Crippen LogP contribution in [0.15, 0.2) is 9.59 Å². The van der Waals surface area contributed by atoms with E-state index in [1.165, 1.54) is 9.13 Å². The molecule has 2 rings (SSSR count). The lowest BCUT2D eigenvalue weighted by atomic mass is 10.2. The Labute approximate surface area is 98.1 Å². The Morgan fingerprint density at radius 1 is 1.41 bits per heavy atom. The summed E-state index contributed by atoms with van der Waals surface area (Å²) in [6.07, 6.45) is 0.0761. The zero-order valence-electron chi connectivity index (χ0n) is 9.97. The first-order chi connectivity index (χ1) is 8.13. The van der Waals surface area contributed by atoms with E-state index in [2.05, 4.69) is 0 Å². The first-order valence-electron chi connectivity index (χ1n) is 5.78. The monoisotopic (exact) mass is 240 g/mol. The predicted octanol–water partition coefficient (Wildman–Crippen LogP) is -0.654. The molecule has 1 aromatic rings. The van der Waals surface area contributed by atoms with Gasteiger partial charge in [0.25, 0.3) is 5.56 Å². The summed E-state index contributed by atoms with van der Waals surface area (Å²) in [5.41, 5.74) is -0.145. The van der Waals surface area contributed by atoms with Gasteiger partial charge >= 0.3 is 5.69 Å². The lowest BCUT2D eigenvalue weighted by molar-refractivity contribution is 0.132. The average molecular weight is 240 g/mol. The molecule has 1 atom stereocenters. The van der Waals surface area contributed by atoms with Gasteiger partial charge in [0.15, 0.2) is 0 Å². The van der Waals surface area contributed by atoms with Gasteiger partial charge in [0.1, 0.15) is 6.10 Å². The summed E-state index contributed by atoms with van der Waals surface area (Å²) in [5.74, 6) is 0.325. The third-order valence-electron chi connectivity index (χ3n) is 3.01. The normalized spacial score (nSPS) is 17.9. The Balaban J connectivity index is 2.70. The zero-order valence-corrected chi connectivity index (χ0v) is 9.97. The largest absolute Gasteiger partial charge is 0.471 e. The minimum absolute atomic E-state index is 0.162. The van der Waals surface area contributed by atoms with E-state index in [0.717, 1.165) is 0 Å². The van der Waals surface area contributed by atoms with E-state index < -0.39 is 6.10 Å². The molecule has 0 spiro atoms. The molecule has 6 heteroatoms. The second-order valence-corrected chi connectivity index (χ2v) is 4.00. The Hall–Kier alpha value is -1.56. The molecule has 1 unspecified atom stereocenters. The van der Waals surface area contributed by atoms with E-state index in [-0.39, 0.29) is 17.9 Å². The highest BCUT2D eigenvalue weighted by atomic mass is 16.5. The number of nitrogens with zero attached hydrogens (tertiary/aromatic N) is 2. The van der Waals surface area contributed by atoms with Crippen molar-refractivity contribution in [3.63, 3.8) is 0 Å². The summed E-state index contributed by atoms with van der Waals surface area (Å²) < 4.78 is 8.07. The van der Waals surface area contributed by atoms with Crippen molar-refractivity contribution in [3.8, 4) is 5.88 Å². The van der Waals surface area contributed by atoms with Gasteiger partial charge in [0.05, 0.1) is 18.7 Å². The van der Waals surface area contributed by atoms with Gasteiger partial charge in [-0.15, -0.1) is 0 Å². The van der Waals surface area contributed by atoms with Crippen LogP contribution in [0.25, 0.3) is 0 Å². The van der Waals surface area contributed by atoms with Crippen LogP contribution in [-0.4, -0.2) is 27.0 Å². The minimum Gasteiger partial charge on any atom is -0.471 e. The molecule has 0 aromatic carbocycles. The van der Waals surface area contributed by atoms with Crippen LogP contribution in [-0.2, 0) is 19.5 Å². The summed E-state index contributed by atoms with van der Waals surface area (Å²) in [5, 5.41) is 9.06. The molecule has 1 N–H and O–H groups in total. The maximum absolute atomic E-state index is 12.0. The summed E-state index contributed by atoms with van der Waals surface area (Å²) in [7, 11) is 0. The van der Waals surface area contributed by atoms with Crippen molar-refractivity contribution in [2.75, 3.05) is 6.61 Å². The van der Waals surface area contributed by atoms with Gasteiger partial charge in [-0.1, -0.05) is 6.92 Å². The fraction of sp³-hybridized carbons (Fsp3) is 0.636. The topological polar surface area (TPSA) is 73.5 Å². The minimum atomic E-state index is -0.430. The number of hydrogen-bond acceptors (Lipinski definition) is 4. The summed E-state index contributed by atoms with van der Waals surface area (Å²) in [6, 6.07) is 0. The molecule has 1 aromatic heterocycles. The molecular formula is C11H16N2O4. The van der Waals surface area contributed by atoms with Gasteiger partial charge in [0, 0.05) is 6.54 Å². The molecule has 2 heterocycles. The summed E-state index contributed by atoms with van der Waals surface area (Å²) in [6.45, 7) is 4.09. The van der Waals surface area contributed by atoms with Crippen LogP contribution in [0.4, 0.5) is 0 Å². The molecule has 6 nitrogen and oxygen atoms in total. The van der Waals surface area contributed by atoms with Crippen LogP contribution in [0, 0.1) is 0 Å². The Bertz CT molecular complexity index is 544. The number of hydrogen-bond donors (Lipinski definition) is 1. The fourth-order valence-corrected chi connectivity index (χ4v) is 2.11. The number of aliphatic hydroxyl groups excluding tert-OH is 1. The molecule has 0 aliphatic carbocycles. The lowest BCUT2D eigenvalue weighted by Gasteiger charge is -2.10. The standard InChI is InChI=1S/C11H16N2O4/c1-3-8-9(15)12(4-2)11(16)13-5-7(6-14)17-10(8)13/h7,14H,3-6H2,1-2H3. The van der Waals surface area contributed by atoms with Crippen molar-refractivity contribution in [2.24, 2.45) is 0 Å². The molecule has 0 saturated heterocycles. The molecule has 0 saturated carbocycles. The third-order valence-corrected chi connectivity index (χ3v) is 3.01. The van der Waals surface area contributed by atoms with Crippen molar-refractivity contribution in [1.82, 2.24) is 9.13 Å². The molecule has 17 heavy (non-hydrogen) atoms. The molecule has 0 fully saturated rings. The van der Waals surface area contributed by atoms with Gasteiger partial charge in [0.2, 0.25) is 5.88 Å². The van der Waals surface area contributed by atoms with Crippen molar-refractivity contribution >= 4 is 0 Å². The quantitative estimate of drug-likeness (QED) is 0.761. The molecule has 1 aliphatic rings. The summed E-state index contributed by atoms with van der Waals surface area (Å²) >= 11 is 0. The van der Waals surface area contributed by atoms with Crippen molar-refractivity contribution in [3.05, 3.63) is 26.4 Å². The Morgan fingerprint density at radius 3 is 2.65 bits per heavy atom.